The number of anilines is 1. The number of carbonyl (C=O) groups excluding carboxylic acids is 1. The summed E-state index contributed by atoms with van der Waals surface area (Å²) in [6, 6.07) is 9.78. The third kappa shape index (κ3) is 5.27. The van der Waals surface area contributed by atoms with E-state index in [0.29, 0.717) is 16.7 Å². The Kier molecular flexibility index (Phi) is 6.76. The molecule has 1 aromatic heterocycles. The maximum absolute atomic E-state index is 13.1. The smallest absolute Gasteiger partial charge is 0.234 e. The van der Waals surface area contributed by atoms with Crippen molar-refractivity contribution >= 4 is 35.0 Å². The van der Waals surface area contributed by atoms with E-state index < -0.39 is 5.82 Å². The van der Waals surface area contributed by atoms with E-state index in [1.165, 1.54) is 30.0 Å². The van der Waals surface area contributed by atoms with Gasteiger partial charge in [-0.25, -0.2) is 4.39 Å². The van der Waals surface area contributed by atoms with Gasteiger partial charge in [0.1, 0.15) is 18.2 Å². The average molecular weight is 435 g/mol. The molecule has 1 N–H and O–H groups in total. The molecule has 0 unspecified atom stereocenters. The number of aryl methyl sites for hydroxylation is 2. The minimum atomic E-state index is -0.432. The second kappa shape index (κ2) is 9.28. The second-order valence-electron chi connectivity index (χ2n) is 6.42. The third-order valence-electron chi connectivity index (χ3n) is 4.25. The summed E-state index contributed by atoms with van der Waals surface area (Å²) in [4.78, 5) is 12.3. The number of thioether (sulfide) groups is 1. The van der Waals surface area contributed by atoms with Gasteiger partial charge in [-0.3, -0.25) is 4.79 Å². The van der Waals surface area contributed by atoms with Crippen LogP contribution in [0, 0.1) is 19.7 Å². The standard InChI is InChI=1S/C20H20ClFN4O2S/c1-12-5-4-6-13(2)19(12)23-18(27)11-29-20-25-24-17(26(20)3)10-28-16-8-7-14(22)9-15(16)21/h4-9H,10-11H2,1-3H3,(H,23,27). The van der Waals surface area contributed by atoms with Crippen LogP contribution in [0.3, 0.4) is 0 Å². The van der Waals surface area contributed by atoms with Crippen molar-refractivity contribution in [3.8, 4) is 5.75 Å². The number of benzene rings is 2. The first-order valence-electron chi connectivity index (χ1n) is 8.80. The molecule has 0 fully saturated rings. The molecule has 1 amide bonds. The predicted molar refractivity (Wildman–Crippen MR) is 112 cm³/mol. The lowest BCUT2D eigenvalue weighted by atomic mass is 10.1. The number of carbonyl (C=O) groups is 1. The molecule has 1 heterocycles. The topological polar surface area (TPSA) is 69.0 Å². The van der Waals surface area contributed by atoms with E-state index in [2.05, 4.69) is 15.5 Å². The lowest BCUT2D eigenvalue weighted by Gasteiger charge is -2.11. The van der Waals surface area contributed by atoms with Crippen LogP contribution < -0.4 is 10.1 Å². The molecule has 152 valence electrons. The van der Waals surface area contributed by atoms with Gasteiger partial charge in [0.05, 0.1) is 10.8 Å². The molecule has 6 nitrogen and oxygen atoms in total. The summed E-state index contributed by atoms with van der Waals surface area (Å²) in [6.45, 7) is 4.03. The summed E-state index contributed by atoms with van der Waals surface area (Å²) in [5.74, 6) is 0.566. The van der Waals surface area contributed by atoms with Crippen LogP contribution in [-0.4, -0.2) is 26.4 Å². The number of nitrogens with zero attached hydrogens (tertiary/aromatic N) is 3. The summed E-state index contributed by atoms with van der Waals surface area (Å²) in [5, 5.41) is 11.9. The summed E-state index contributed by atoms with van der Waals surface area (Å²) in [5.41, 5.74) is 2.86. The van der Waals surface area contributed by atoms with Crippen LogP contribution in [0.25, 0.3) is 0 Å². The SMILES string of the molecule is Cc1cccc(C)c1NC(=O)CSc1nnc(COc2ccc(F)cc2Cl)n1C. The number of hydrogen-bond acceptors (Lipinski definition) is 5. The van der Waals surface area contributed by atoms with Crippen LogP contribution in [-0.2, 0) is 18.4 Å². The second-order valence-corrected chi connectivity index (χ2v) is 7.77. The van der Waals surface area contributed by atoms with Crippen LogP contribution in [0.1, 0.15) is 17.0 Å². The number of amides is 1. The van der Waals surface area contributed by atoms with Crippen molar-refractivity contribution in [2.24, 2.45) is 7.05 Å². The normalized spacial score (nSPS) is 10.8. The van der Waals surface area contributed by atoms with Gasteiger partial charge in [-0.1, -0.05) is 41.6 Å². The van der Waals surface area contributed by atoms with Crippen molar-refractivity contribution in [2.45, 2.75) is 25.6 Å². The van der Waals surface area contributed by atoms with Crippen LogP contribution >= 0.6 is 23.4 Å². The van der Waals surface area contributed by atoms with Gasteiger partial charge in [0.25, 0.3) is 0 Å². The molecule has 0 spiro atoms. The number of ether oxygens (including phenoxy) is 1. The Hall–Kier alpha value is -2.58. The van der Waals surface area contributed by atoms with Crippen LogP contribution in [0.2, 0.25) is 5.02 Å². The lowest BCUT2D eigenvalue weighted by molar-refractivity contribution is -0.113. The first-order valence-corrected chi connectivity index (χ1v) is 10.2. The van der Waals surface area contributed by atoms with Crippen molar-refractivity contribution in [1.29, 1.82) is 0 Å². The Morgan fingerprint density at radius 1 is 1.24 bits per heavy atom. The molecule has 0 saturated heterocycles. The first-order chi connectivity index (χ1) is 13.8. The van der Waals surface area contributed by atoms with Gasteiger partial charge in [0.15, 0.2) is 11.0 Å². The molecule has 2 aromatic carbocycles. The molecule has 0 aliphatic carbocycles. The highest BCUT2D eigenvalue weighted by atomic mass is 35.5. The fourth-order valence-electron chi connectivity index (χ4n) is 2.65. The van der Waals surface area contributed by atoms with Crippen LogP contribution in [0.4, 0.5) is 10.1 Å². The summed E-state index contributed by atoms with van der Waals surface area (Å²) in [7, 11) is 1.79. The first kappa shape index (κ1) is 21.1. The molecule has 0 aliphatic heterocycles. The van der Waals surface area contributed by atoms with Crippen molar-refractivity contribution < 1.29 is 13.9 Å². The maximum atomic E-state index is 13.1. The lowest BCUT2D eigenvalue weighted by Crippen LogP contribution is -2.16. The quantitative estimate of drug-likeness (QED) is 0.553. The number of rotatable bonds is 7. The van der Waals surface area contributed by atoms with Crippen LogP contribution in [0.15, 0.2) is 41.6 Å². The minimum Gasteiger partial charge on any atom is -0.484 e. The fraction of sp³-hybridized carbons (Fsp3) is 0.250. The molecular weight excluding hydrogens is 415 g/mol. The van der Waals surface area contributed by atoms with Gasteiger partial charge in [-0.2, -0.15) is 0 Å². The van der Waals surface area contributed by atoms with Gasteiger partial charge in [0, 0.05) is 12.7 Å². The molecule has 3 aromatic rings. The Morgan fingerprint density at radius 2 is 1.97 bits per heavy atom. The molecule has 0 saturated carbocycles. The number of hydrogen-bond donors (Lipinski definition) is 1. The molecular formula is C20H20ClFN4O2S. The average Bonchev–Trinajstić information content (AvgIpc) is 3.02. The van der Waals surface area contributed by atoms with Gasteiger partial charge in [0.2, 0.25) is 5.91 Å². The van der Waals surface area contributed by atoms with E-state index in [-0.39, 0.29) is 23.3 Å². The van der Waals surface area contributed by atoms with E-state index >= 15 is 0 Å². The van der Waals surface area contributed by atoms with Crippen molar-refractivity contribution in [2.75, 3.05) is 11.1 Å². The van der Waals surface area contributed by atoms with Crippen molar-refractivity contribution in [3.63, 3.8) is 0 Å². The highest BCUT2D eigenvalue weighted by Crippen LogP contribution is 2.26. The number of para-hydroxylation sites is 1. The van der Waals surface area contributed by atoms with Gasteiger partial charge >= 0.3 is 0 Å². The Balaban J connectivity index is 1.57. The van der Waals surface area contributed by atoms with E-state index in [0.717, 1.165) is 16.8 Å². The molecule has 29 heavy (non-hydrogen) atoms. The molecule has 9 heteroatoms. The highest BCUT2D eigenvalue weighted by Gasteiger charge is 2.14. The van der Waals surface area contributed by atoms with E-state index in [9.17, 15) is 9.18 Å². The maximum Gasteiger partial charge on any atom is 0.234 e. The monoisotopic (exact) mass is 434 g/mol. The molecule has 3 rings (SSSR count). The molecule has 0 atom stereocenters. The molecule has 0 bridgehead atoms. The summed E-state index contributed by atoms with van der Waals surface area (Å²) < 4.78 is 20.4. The largest absolute Gasteiger partial charge is 0.484 e. The fourth-order valence-corrected chi connectivity index (χ4v) is 3.60. The third-order valence-corrected chi connectivity index (χ3v) is 5.57. The summed E-state index contributed by atoms with van der Waals surface area (Å²) in [6.07, 6.45) is 0. The van der Waals surface area contributed by atoms with Crippen molar-refractivity contribution in [3.05, 3.63) is 64.2 Å². The number of nitrogens with one attached hydrogen (secondary N) is 1. The van der Waals surface area contributed by atoms with E-state index in [1.807, 2.05) is 32.0 Å². The Bertz CT molecular complexity index is 1020. The van der Waals surface area contributed by atoms with Crippen molar-refractivity contribution in [1.82, 2.24) is 14.8 Å². The number of aromatic nitrogens is 3. The molecule has 0 radical (unpaired) electrons. The Morgan fingerprint density at radius 3 is 2.66 bits per heavy atom. The predicted octanol–water partition coefficient (Wildman–Crippen LogP) is 4.53. The highest BCUT2D eigenvalue weighted by molar-refractivity contribution is 7.99. The van der Waals surface area contributed by atoms with Crippen LogP contribution in [0.5, 0.6) is 5.75 Å². The van der Waals surface area contributed by atoms with Gasteiger partial charge in [-0.05, 0) is 43.2 Å². The van der Waals surface area contributed by atoms with E-state index in [1.54, 1.807) is 11.6 Å². The summed E-state index contributed by atoms with van der Waals surface area (Å²) >= 11 is 7.24. The van der Waals surface area contributed by atoms with Gasteiger partial charge in [-0.15, -0.1) is 10.2 Å². The van der Waals surface area contributed by atoms with E-state index in [4.69, 9.17) is 16.3 Å². The number of halogens is 2. The van der Waals surface area contributed by atoms with Gasteiger partial charge < -0.3 is 14.6 Å². The zero-order valence-electron chi connectivity index (χ0n) is 16.2. The molecule has 0 aliphatic rings. The zero-order chi connectivity index (χ0) is 21.0. The Labute approximate surface area is 177 Å². The zero-order valence-corrected chi connectivity index (χ0v) is 17.8. The minimum absolute atomic E-state index is 0.115.